The summed E-state index contributed by atoms with van der Waals surface area (Å²) in [5, 5.41) is 8.08. The highest BCUT2D eigenvalue weighted by molar-refractivity contribution is 6.15. The monoisotopic (exact) mass is 133 g/mol. The predicted molar refractivity (Wildman–Crippen MR) is 31.8 cm³/mol. The van der Waals surface area contributed by atoms with Crippen LogP contribution >= 0.6 is 0 Å². The zero-order chi connectivity index (χ0) is 7.11. The van der Waals surface area contributed by atoms with Crippen LogP contribution in [0.3, 0.4) is 0 Å². The van der Waals surface area contributed by atoms with Crippen LogP contribution < -0.4 is 11.0 Å². The molecule has 6 heteroatoms. The lowest BCUT2D eigenvalue weighted by molar-refractivity contribution is 0.00725. The molecule has 0 saturated carbocycles. The van der Waals surface area contributed by atoms with Crippen molar-refractivity contribution in [2.45, 2.75) is 13.2 Å². The maximum atomic E-state index is 8.08. The van der Waals surface area contributed by atoms with Gasteiger partial charge in [0.25, 0.3) is 0 Å². The van der Waals surface area contributed by atoms with E-state index >= 15 is 0 Å². The molecule has 0 aromatic heterocycles. The van der Waals surface area contributed by atoms with E-state index in [1.807, 2.05) is 0 Å². The van der Waals surface area contributed by atoms with E-state index in [2.05, 4.69) is 20.5 Å². The lowest BCUT2D eigenvalue weighted by Crippen LogP contribution is -2.40. The van der Waals surface area contributed by atoms with Crippen molar-refractivity contribution in [3.8, 4) is 0 Å². The lowest BCUT2D eigenvalue weighted by atomic mass is 10.4. The third-order valence-corrected chi connectivity index (χ3v) is 0.629. The number of nitrogens with one attached hydrogen (secondary N) is 2. The first-order valence-electron chi connectivity index (χ1n) is 2.46. The van der Waals surface area contributed by atoms with E-state index in [9.17, 15) is 0 Å². The molecule has 0 aromatic rings. The van der Waals surface area contributed by atoms with Gasteiger partial charge in [-0.15, -0.1) is 5.59 Å². The molecule has 0 aliphatic carbocycles. The maximum Gasteiger partial charge on any atom is 0.486 e. The van der Waals surface area contributed by atoms with Crippen LogP contribution in [-0.2, 0) is 9.49 Å². The fourth-order valence-electron chi connectivity index (χ4n) is 0.267. The van der Waals surface area contributed by atoms with Crippen molar-refractivity contribution in [1.82, 2.24) is 11.0 Å². The zero-order valence-corrected chi connectivity index (χ0v) is 5.42. The molecule has 0 aliphatic heterocycles. The van der Waals surface area contributed by atoms with Gasteiger partial charge in [0.1, 0.15) is 6.23 Å². The number of hydrazine groups is 1. The summed E-state index contributed by atoms with van der Waals surface area (Å²) in [5.41, 5.74) is 4.87. The molecule has 0 rings (SSSR count). The van der Waals surface area contributed by atoms with E-state index in [1.54, 1.807) is 6.92 Å². The number of rotatable bonds is 5. The van der Waals surface area contributed by atoms with E-state index < -0.39 is 0 Å². The summed E-state index contributed by atoms with van der Waals surface area (Å²) in [7, 11) is 2.07. The van der Waals surface area contributed by atoms with Gasteiger partial charge in [-0.3, -0.25) is 4.84 Å². The molecule has 0 bridgehead atoms. The molecule has 0 spiro atoms. The highest BCUT2D eigenvalue weighted by atomic mass is 16.7. The molecule has 0 aliphatic rings. The third-order valence-electron chi connectivity index (χ3n) is 0.629. The first-order chi connectivity index (χ1) is 4.31. The van der Waals surface area contributed by atoms with Crippen molar-refractivity contribution >= 4 is 7.69 Å². The Labute approximate surface area is 54.6 Å². The highest BCUT2D eigenvalue weighted by Gasteiger charge is 1.97. The Balaban J connectivity index is 2.95. The van der Waals surface area contributed by atoms with Crippen molar-refractivity contribution in [1.29, 1.82) is 0 Å². The lowest BCUT2D eigenvalue weighted by Gasteiger charge is -2.11. The predicted octanol–water partition coefficient (Wildman–Crippen LogP) is -1.47. The second kappa shape index (κ2) is 5.99. The Bertz CT molecular complexity index is 65.0. The van der Waals surface area contributed by atoms with E-state index in [4.69, 9.17) is 5.02 Å². The van der Waals surface area contributed by atoms with E-state index in [1.165, 1.54) is 7.11 Å². The molecule has 9 heavy (non-hydrogen) atoms. The normalized spacial score (nSPS) is 13.2. The van der Waals surface area contributed by atoms with E-state index in [-0.39, 0.29) is 6.23 Å². The van der Waals surface area contributed by atoms with Crippen LogP contribution in [0.4, 0.5) is 0 Å². The first-order valence-corrected chi connectivity index (χ1v) is 2.46. The van der Waals surface area contributed by atoms with Crippen LogP contribution in [-0.4, -0.2) is 26.0 Å². The molecule has 0 saturated heterocycles. The standard InChI is InChI=1S/C3H10BN2O3/c1-3(9-4-7)5-6-8-2/h3,5-7H,1-2H3. The third kappa shape index (κ3) is 5.74. The minimum Gasteiger partial charge on any atom is -0.429 e. The Morgan fingerprint density at radius 1 is 1.67 bits per heavy atom. The van der Waals surface area contributed by atoms with Crippen molar-refractivity contribution in [2.75, 3.05) is 7.11 Å². The molecule has 53 valence electrons. The summed E-state index contributed by atoms with van der Waals surface area (Å²) in [5.74, 6) is 0. The summed E-state index contributed by atoms with van der Waals surface area (Å²) < 4.78 is 4.52. The maximum absolute atomic E-state index is 8.08. The van der Waals surface area contributed by atoms with Gasteiger partial charge >= 0.3 is 7.69 Å². The second-order valence-corrected chi connectivity index (χ2v) is 1.33. The Morgan fingerprint density at radius 3 is 2.78 bits per heavy atom. The molecule has 0 aromatic carbocycles. The van der Waals surface area contributed by atoms with Gasteiger partial charge in [0.05, 0.1) is 7.11 Å². The molecule has 1 radical (unpaired) electrons. The molecule has 5 nitrogen and oxygen atoms in total. The van der Waals surface area contributed by atoms with Crippen LogP contribution in [0.2, 0.25) is 0 Å². The molecule has 3 N–H and O–H groups in total. The average Bonchev–Trinajstić information content (AvgIpc) is 1.85. The van der Waals surface area contributed by atoms with Crippen LogP contribution in [0.25, 0.3) is 0 Å². The minimum absolute atomic E-state index is 0.324. The van der Waals surface area contributed by atoms with Crippen LogP contribution in [0.15, 0.2) is 0 Å². The molecule has 0 heterocycles. The minimum atomic E-state index is -0.324. The Kier molecular flexibility index (Phi) is 5.90. The highest BCUT2D eigenvalue weighted by Crippen LogP contribution is 1.76. The van der Waals surface area contributed by atoms with Crippen LogP contribution in [0, 0.1) is 0 Å². The topological polar surface area (TPSA) is 62.8 Å². The van der Waals surface area contributed by atoms with Gasteiger partial charge in [-0.05, 0) is 6.92 Å². The molecular weight excluding hydrogens is 123 g/mol. The Hall–Kier alpha value is -0.135. The van der Waals surface area contributed by atoms with Gasteiger partial charge in [-0.25, -0.2) is 5.43 Å². The van der Waals surface area contributed by atoms with Crippen LogP contribution in [0.1, 0.15) is 6.92 Å². The van der Waals surface area contributed by atoms with Gasteiger partial charge in [0.2, 0.25) is 0 Å². The largest absolute Gasteiger partial charge is 0.486 e. The van der Waals surface area contributed by atoms with Crippen molar-refractivity contribution in [2.24, 2.45) is 0 Å². The second-order valence-electron chi connectivity index (χ2n) is 1.33. The van der Waals surface area contributed by atoms with Gasteiger partial charge in [0.15, 0.2) is 0 Å². The molecule has 1 atom stereocenters. The smallest absolute Gasteiger partial charge is 0.429 e. The zero-order valence-electron chi connectivity index (χ0n) is 5.42. The number of hydrogen-bond donors (Lipinski definition) is 3. The summed E-state index contributed by atoms with van der Waals surface area (Å²) in [6, 6.07) is 0. The summed E-state index contributed by atoms with van der Waals surface area (Å²) in [4.78, 5) is 4.42. The van der Waals surface area contributed by atoms with Gasteiger partial charge in [0, 0.05) is 0 Å². The summed E-state index contributed by atoms with van der Waals surface area (Å²) in [6.45, 7) is 1.69. The molecular formula is C3H10BN2O3. The van der Waals surface area contributed by atoms with Crippen LogP contribution in [0.5, 0.6) is 0 Å². The van der Waals surface area contributed by atoms with Crippen molar-refractivity contribution in [3.63, 3.8) is 0 Å². The molecule has 1 unspecified atom stereocenters. The molecule has 0 fully saturated rings. The summed E-state index contributed by atoms with van der Waals surface area (Å²) in [6.07, 6.45) is -0.324. The fourth-order valence-corrected chi connectivity index (χ4v) is 0.267. The van der Waals surface area contributed by atoms with Gasteiger partial charge in [-0.2, -0.15) is 0 Å². The number of hydrogen-bond acceptors (Lipinski definition) is 5. The van der Waals surface area contributed by atoms with Crippen molar-refractivity contribution in [3.05, 3.63) is 0 Å². The van der Waals surface area contributed by atoms with E-state index in [0.717, 1.165) is 0 Å². The van der Waals surface area contributed by atoms with Crippen molar-refractivity contribution < 1.29 is 14.5 Å². The Morgan fingerprint density at radius 2 is 2.33 bits per heavy atom. The molecule has 0 amide bonds. The first kappa shape index (κ1) is 8.86. The average molecular weight is 133 g/mol. The van der Waals surface area contributed by atoms with Gasteiger partial charge in [-0.1, -0.05) is 0 Å². The van der Waals surface area contributed by atoms with E-state index in [0.29, 0.717) is 7.69 Å². The van der Waals surface area contributed by atoms with Gasteiger partial charge < -0.3 is 9.68 Å². The summed E-state index contributed by atoms with van der Waals surface area (Å²) >= 11 is 0. The SMILES string of the molecule is CONNC(C)O[B]O. The quantitative estimate of drug-likeness (QED) is 0.243. The fraction of sp³-hybridized carbons (Fsp3) is 1.00.